The number of likely N-dealkylation sites (N-methyl/N-ethyl adjacent to an activating group) is 1. The van der Waals surface area contributed by atoms with E-state index in [4.69, 9.17) is 4.74 Å². The molecular formula is C29H37N4O4S2+. The van der Waals surface area contributed by atoms with Gasteiger partial charge >= 0.3 is 10.0 Å². The van der Waals surface area contributed by atoms with Crippen LogP contribution in [-0.4, -0.2) is 59.9 Å². The molecule has 1 spiro atoms. The number of carbonyl (C=O) groups is 1. The van der Waals surface area contributed by atoms with Crippen molar-refractivity contribution in [1.29, 1.82) is 0 Å². The summed E-state index contributed by atoms with van der Waals surface area (Å²) in [6.45, 7) is 4.36. The van der Waals surface area contributed by atoms with Crippen molar-refractivity contribution < 1.29 is 17.9 Å². The maximum absolute atomic E-state index is 14.2. The van der Waals surface area contributed by atoms with E-state index in [0.717, 1.165) is 47.6 Å². The molecule has 2 atom stereocenters. The lowest BCUT2D eigenvalue weighted by atomic mass is 9.75. The molecule has 1 saturated heterocycles. The third kappa shape index (κ3) is 5.24. The van der Waals surface area contributed by atoms with E-state index in [2.05, 4.69) is 10.7 Å². The number of carbonyl (C=O) groups excluding carboxylic acids is 1. The van der Waals surface area contributed by atoms with E-state index in [1.807, 2.05) is 84.9 Å². The Labute approximate surface area is 235 Å². The Kier molecular flexibility index (Phi) is 7.85. The van der Waals surface area contributed by atoms with E-state index in [9.17, 15) is 13.2 Å². The van der Waals surface area contributed by atoms with Gasteiger partial charge in [0.25, 0.3) is 5.91 Å². The number of quaternary nitrogens is 1. The molecule has 39 heavy (non-hydrogen) atoms. The molecule has 0 aliphatic carbocycles. The summed E-state index contributed by atoms with van der Waals surface area (Å²) >= 11 is 1.55. The number of para-hydroxylation sites is 1. The first kappa shape index (κ1) is 27.8. The first-order chi connectivity index (χ1) is 18.7. The van der Waals surface area contributed by atoms with Crippen LogP contribution in [-0.2, 0) is 31.6 Å². The number of aryl methyl sites for hydroxylation is 1. The maximum Gasteiger partial charge on any atom is 0.321 e. The predicted octanol–water partition coefficient (Wildman–Crippen LogP) is 3.71. The van der Waals surface area contributed by atoms with Crippen LogP contribution in [0.2, 0.25) is 0 Å². The number of benzene rings is 2. The predicted molar refractivity (Wildman–Crippen MR) is 157 cm³/mol. The molecule has 0 radical (unpaired) electrons. The van der Waals surface area contributed by atoms with Crippen LogP contribution in [0.1, 0.15) is 29.5 Å². The lowest BCUT2D eigenvalue weighted by molar-refractivity contribution is -0.126. The highest BCUT2D eigenvalue weighted by atomic mass is 32.2. The molecule has 0 bridgehead atoms. The molecule has 8 nitrogen and oxygen atoms in total. The second kappa shape index (κ2) is 11.0. The van der Waals surface area contributed by atoms with Gasteiger partial charge in [0, 0.05) is 18.7 Å². The van der Waals surface area contributed by atoms with Crippen molar-refractivity contribution in [1.82, 2.24) is 14.7 Å². The average Bonchev–Trinajstić information content (AvgIpc) is 3.47. The number of hydrogen-bond acceptors (Lipinski definition) is 7. The largest absolute Gasteiger partial charge is 0.374 e. The molecule has 2 unspecified atom stereocenters. The van der Waals surface area contributed by atoms with Crippen LogP contribution < -0.4 is 19.6 Å². The molecule has 1 amide bonds. The number of ether oxygens (including phenoxy) is 1. The highest BCUT2D eigenvalue weighted by molar-refractivity contribution is 7.90. The number of nitrogens with one attached hydrogen (secondary N) is 2. The van der Waals surface area contributed by atoms with E-state index in [1.54, 1.807) is 11.3 Å². The highest BCUT2D eigenvalue weighted by Gasteiger charge is 2.60. The van der Waals surface area contributed by atoms with Gasteiger partial charge in [0.1, 0.15) is 12.6 Å². The van der Waals surface area contributed by atoms with Crippen LogP contribution in [0.4, 0.5) is 10.7 Å². The topological polar surface area (TPSA) is 87.7 Å². The van der Waals surface area contributed by atoms with Gasteiger partial charge < -0.3 is 15.0 Å². The number of sulfonamides is 1. The number of thiophene rings is 1. The summed E-state index contributed by atoms with van der Waals surface area (Å²) in [6, 6.07) is 18.8. The molecule has 2 N–H and O–H groups in total. The Bertz CT molecular complexity index is 1420. The molecule has 2 aliphatic heterocycles. The highest BCUT2D eigenvalue weighted by Crippen LogP contribution is 2.50. The number of piperidine rings is 1. The van der Waals surface area contributed by atoms with Crippen molar-refractivity contribution >= 4 is 38.0 Å². The normalized spacial score (nSPS) is 20.9. The van der Waals surface area contributed by atoms with E-state index in [0.29, 0.717) is 12.3 Å². The fourth-order valence-corrected chi connectivity index (χ4v) is 8.19. The summed E-state index contributed by atoms with van der Waals surface area (Å²) in [4.78, 5) is 16.1. The molecule has 1 aromatic heterocycles. The van der Waals surface area contributed by atoms with Gasteiger partial charge in [0.05, 0.1) is 29.9 Å². The summed E-state index contributed by atoms with van der Waals surface area (Å²) in [5, 5.41) is 6.33. The Morgan fingerprint density at radius 2 is 1.82 bits per heavy atom. The van der Waals surface area contributed by atoms with E-state index >= 15 is 0 Å². The minimum Gasteiger partial charge on any atom is -0.374 e. The van der Waals surface area contributed by atoms with Gasteiger partial charge in [-0.2, -0.15) is 13.8 Å². The van der Waals surface area contributed by atoms with Crippen LogP contribution in [0.3, 0.4) is 0 Å². The molecule has 10 heteroatoms. The fraction of sp³-hybridized carbons (Fsp3) is 0.414. The van der Waals surface area contributed by atoms with Gasteiger partial charge in [0.2, 0.25) is 0 Å². The molecule has 208 valence electrons. The Balaban J connectivity index is 1.49. The first-order valence-corrected chi connectivity index (χ1v) is 16.0. The number of hydrogen-bond donors (Lipinski definition) is 2. The van der Waals surface area contributed by atoms with Gasteiger partial charge in [0.15, 0.2) is 5.69 Å². The summed E-state index contributed by atoms with van der Waals surface area (Å²) < 4.78 is 32.8. The Morgan fingerprint density at radius 3 is 2.49 bits per heavy atom. The number of nitrogens with zero attached hydrogens (tertiary/aromatic N) is 2. The van der Waals surface area contributed by atoms with Crippen LogP contribution in [0.5, 0.6) is 0 Å². The Morgan fingerprint density at radius 1 is 1.13 bits per heavy atom. The number of fused-ring (bicyclic) bond motifs is 2. The van der Waals surface area contributed by atoms with Crippen molar-refractivity contribution in [2.75, 3.05) is 44.4 Å². The standard InChI is InChI=1S/C29H36N4O4S2/c1-22-13-18-38-28(22)32(2)25(20-37-19-23-9-5-4-6-10-23)27(34)31-33(39(3,35)36)21-29(14-16-30-17-15-29)24-11-7-8-12-26(24)33/h4-13,18,25,30H,14-17,19-21H2,1-3H3/p+1. The minimum absolute atomic E-state index is 0.106. The fourth-order valence-electron chi connectivity index (χ4n) is 5.99. The third-order valence-electron chi connectivity index (χ3n) is 8.12. The van der Waals surface area contributed by atoms with Crippen LogP contribution in [0.25, 0.3) is 0 Å². The van der Waals surface area contributed by atoms with Gasteiger partial charge in [-0.15, -0.1) is 11.3 Å². The summed E-state index contributed by atoms with van der Waals surface area (Å²) in [5.41, 5.74) is 6.42. The van der Waals surface area contributed by atoms with Gasteiger partial charge in [-0.25, -0.2) is 0 Å². The zero-order valence-electron chi connectivity index (χ0n) is 22.7. The molecule has 2 aromatic carbocycles. The second-order valence-electron chi connectivity index (χ2n) is 10.7. The second-order valence-corrected chi connectivity index (χ2v) is 13.7. The number of anilines is 1. The summed E-state index contributed by atoms with van der Waals surface area (Å²) in [7, 11) is -1.94. The SMILES string of the molecule is Cc1ccsc1N(C)C(COCc1ccccc1)C(=O)N[N+]1(S(C)(=O)=O)CC2(CCNCC2)c2ccccc21. The molecule has 5 rings (SSSR count). The zero-order valence-corrected chi connectivity index (χ0v) is 24.4. The lowest BCUT2D eigenvalue weighted by Crippen LogP contribution is -2.68. The van der Waals surface area contributed by atoms with Crippen LogP contribution >= 0.6 is 11.3 Å². The number of rotatable bonds is 9. The van der Waals surface area contributed by atoms with E-state index in [-0.39, 0.29) is 24.5 Å². The smallest absolute Gasteiger partial charge is 0.321 e. The van der Waals surface area contributed by atoms with Gasteiger partial charge in [-0.3, -0.25) is 4.79 Å². The van der Waals surface area contributed by atoms with Crippen LogP contribution in [0.15, 0.2) is 66.0 Å². The van der Waals surface area contributed by atoms with Crippen molar-refractivity contribution in [2.45, 2.75) is 37.8 Å². The zero-order chi connectivity index (χ0) is 27.7. The number of amides is 1. The molecule has 3 heterocycles. The minimum atomic E-state index is -3.80. The monoisotopic (exact) mass is 569 g/mol. The average molecular weight is 570 g/mol. The molecule has 1 fully saturated rings. The van der Waals surface area contributed by atoms with Crippen LogP contribution in [0, 0.1) is 6.92 Å². The van der Waals surface area contributed by atoms with Gasteiger partial charge in [-0.1, -0.05) is 52.5 Å². The van der Waals surface area contributed by atoms with Crippen molar-refractivity contribution in [3.63, 3.8) is 0 Å². The van der Waals surface area contributed by atoms with Crippen molar-refractivity contribution in [3.8, 4) is 0 Å². The third-order valence-corrected chi connectivity index (χ3v) is 10.8. The van der Waals surface area contributed by atoms with E-state index < -0.39 is 20.1 Å². The molecule has 2 aliphatic rings. The quantitative estimate of drug-likeness (QED) is 0.382. The van der Waals surface area contributed by atoms with Crippen molar-refractivity contribution in [3.05, 3.63) is 82.7 Å². The lowest BCUT2D eigenvalue weighted by Gasteiger charge is -2.37. The summed E-state index contributed by atoms with van der Waals surface area (Å²) in [5.74, 6) is -0.385. The maximum atomic E-state index is 14.2. The van der Waals surface area contributed by atoms with Crippen molar-refractivity contribution in [2.24, 2.45) is 0 Å². The first-order valence-electron chi connectivity index (χ1n) is 13.3. The Hall–Kier alpha value is -2.76. The molecular weight excluding hydrogens is 532 g/mol. The summed E-state index contributed by atoms with van der Waals surface area (Å²) in [6.07, 6.45) is 2.85. The molecule has 3 aromatic rings. The van der Waals surface area contributed by atoms with E-state index in [1.165, 1.54) is 6.26 Å². The molecule has 0 saturated carbocycles. The van der Waals surface area contributed by atoms with Gasteiger partial charge in [-0.05, 0) is 55.4 Å².